The average molecular weight is 206 g/mol. The first-order chi connectivity index (χ1) is 7.36. The summed E-state index contributed by atoms with van der Waals surface area (Å²) in [6, 6.07) is 8.90. The molecule has 0 radical (unpaired) electrons. The van der Waals surface area contributed by atoms with Crippen LogP contribution in [0.2, 0.25) is 0 Å². The third-order valence-corrected chi connectivity index (χ3v) is 2.61. The van der Waals surface area contributed by atoms with Crippen LogP contribution in [0.15, 0.2) is 24.3 Å². The van der Waals surface area contributed by atoms with Crippen molar-refractivity contribution in [1.82, 2.24) is 0 Å². The fraction of sp³-hybridized carbons (Fsp3) is 0.571. The number of rotatable bonds is 7. The highest BCUT2D eigenvalue weighted by Crippen LogP contribution is 2.09. The Hall–Kier alpha value is -0.820. The van der Waals surface area contributed by atoms with Gasteiger partial charge in [0.2, 0.25) is 0 Å². The van der Waals surface area contributed by atoms with E-state index in [1.54, 1.807) is 0 Å². The zero-order valence-corrected chi connectivity index (χ0v) is 9.96. The molecule has 1 aromatic carbocycles. The molecule has 1 aromatic rings. The average Bonchev–Trinajstić information content (AvgIpc) is 2.29. The van der Waals surface area contributed by atoms with Crippen molar-refractivity contribution >= 4 is 0 Å². The Bertz CT molecular complexity index is 268. The monoisotopic (exact) mass is 206 g/mol. The molecule has 0 aliphatic carbocycles. The van der Waals surface area contributed by atoms with Gasteiger partial charge in [-0.2, -0.15) is 0 Å². The molecule has 84 valence electrons. The lowest BCUT2D eigenvalue weighted by molar-refractivity contribution is 0.143. The van der Waals surface area contributed by atoms with Gasteiger partial charge in [-0.1, -0.05) is 31.2 Å². The van der Waals surface area contributed by atoms with Crippen molar-refractivity contribution in [2.45, 2.75) is 39.5 Å². The lowest BCUT2D eigenvalue weighted by Crippen LogP contribution is -1.95. The Morgan fingerprint density at radius 3 is 2.60 bits per heavy atom. The molecule has 0 bridgehead atoms. The maximum Gasteiger partial charge on any atom is 0.0466 e. The molecule has 0 N–H and O–H groups in total. The van der Waals surface area contributed by atoms with Crippen LogP contribution in [0.3, 0.4) is 0 Å². The van der Waals surface area contributed by atoms with E-state index in [9.17, 15) is 0 Å². The van der Waals surface area contributed by atoms with Crippen molar-refractivity contribution < 1.29 is 4.74 Å². The summed E-state index contributed by atoms with van der Waals surface area (Å²) >= 11 is 0. The number of hydrogen-bond donors (Lipinski definition) is 0. The molecule has 0 spiro atoms. The van der Waals surface area contributed by atoms with Crippen molar-refractivity contribution in [1.29, 1.82) is 0 Å². The SMILES string of the molecule is CCOCCCCc1cccc(CC)c1. The van der Waals surface area contributed by atoms with Gasteiger partial charge in [0.1, 0.15) is 0 Å². The second-order valence-electron chi connectivity index (χ2n) is 3.83. The van der Waals surface area contributed by atoms with E-state index in [1.165, 1.54) is 30.4 Å². The van der Waals surface area contributed by atoms with Crippen LogP contribution in [0.4, 0.5) is 0 Å². The third kappa shape index (κ3) is 4.98. The van der Waals surface area contributed by atoms with Gasteiger partial charge in [0.25, 0.3) is 0 Å². The molecule has 15 heavy (non-hydrogen) atoms. The van der Waals surface area contributed by atoms with E-state index in [0.717, 1.165) is 19.6 Å². The Kier molecular flexibility index (Phi) is 6.10. The minimum Gasteiger partial charge on any atom is -0.382 e. The number of benzene rings is 1. The van der Waals surface area contributed by atoms with E-state index in [2.05, 4.69) is 31.2 Å². The summed E-state index contributed by atoms with van der Waals surface area (Å²) < 4.78 is 5.32. The van der Waals surface area contributed by atoms with Crippen molar-refractivity contribution in [3.05, 3.63) is 35.4 Å². The first kappa shape index (κ1) is 12.3. The molecule has 0 aliphatic heterocycles. The summed E-state index contributed by atoms with van der Waals surface area (Å²) in [6.07, 6.45) is 4.71. The quantitative estimate of drug-likeness (QED) is 0.619. The minimum absolute atomic E-state index is 0.839. The summed E-state index contributed by atoms with van der Waals surface area (Å²) in [5.41, 5.74) is 2.91. The first-order valence-corrected chi connectivity index (χ1v) is 6.02. The third-order valence-electron chi connectivity index (χ3n) is 2.61. The number of hydrogen-bond acceptors (Lipinski definition) is 1. The van der Waals surface area contributed by atoms with Crippen molar-refractivity contribution in [2.75, 3.05) is 13.2 Å². The van der Waals surface area contributed by atoms with Gasteiger partial charge in [-0.25, -0.2) is 0 Å². The topological polar surface area (TPSA) is 9.23 Å². The van der Waals surface area contributed by atoms with Crippen molar-refractivity contribution in [3.8, 4) is 0 Å². The summed E-state index contributed by atoms with van der Waals surface area (Å²) in [7, 11) is 0. The molecule has 0 saturated heterocycles. The van der Waals surface area contributed by atoms with Crippen LogP contribution >= 0.6 is 0 Å². The number of unbranched alkanes of at least 4 members (excludes halogenated alkanes) is 1. The predicted octanol–water partition coefficient (Wildman–Crippen LogP) is 3.61. The van der Waals surface area contributed by atoms with Gasteiger partial charge in [-0.05, 0) is 43.7 Å². The molecule has 0 saturated carbocycles. The molecule has 0 aliphatic rings. The highest BCUT2D eigenvalue weighted by molar-refractivity contribution is 5.23. The Morgan fingerprint density at radius 1 is 1.07 bits per heavy atom. The van der Waals surface area contributed by atoms with Gasteiger partial charge in [0, 0.05) is 13.2 Å². The van der Waals surface area contributed by atoms with Crippen LogP contribution in [0.5, 0.6) is 0 Å². The zero-order chi connectivity index (χ0) is 10.9. The van der Waals surface area contributed by atoms with Gasteiger partial charge in [-0.3, -0.25) is 0 Å². The Balaban J connectivity index is 2.24. The van der Waals surface area contributed by atoms with Crippen LogP contribution in [0, 0.1) is 0 Å². The lowest BCUT2D eigenvalue weighted by Gasteiger charge is -2.04. The van der Waals surface area contributed by atoms with E-state index in [1.807, 2.05) is 6.92 Å². The Morgan fingerprint density at radius 2 is 1.87 bits per heavy atom. The second kappa shape index (κ2) is 7.47. The molecule has 0 fully saturated rings. The predicted molar refractivity (Wildman–Crippen MR) is 65.3 cm³/mol. The van der Waals surface area contributed by atoms with Crippen LogP contribution in [0.25, 0.3) is 0 Å². The fourth-order valence-electron chi connectivity index (χ4n) is 1.68. The number of ether oxygens (including phenoxy) is 1. The summed E-state index contributed by atoms with van der Waals surface area (Å²) in [6.45, 7) is 5.99. The van der Waals surface area contributed by atoms with Crippen molar-refractivity contribution in [2.24, 2.45) is 0 Å². The Labute approximate surface area is 93.5 Å². The summed E-state index contributed by atoms with van der Waals surface area (Å²) in [5, 5.41) is 0. The molecule has 0 aromatic heterocycles. The minimum atomic E-state index is 0.839. The molecule has 0 atom stereocenters. The molecule has 0 unspecified atom stereocenters. The van der Waals surface area contributed by atoms with Gasteiger partial charge in [0.15, 0.2) is 0 Å². The number of aryl methyl sites for hydroxylation is 2. The van der Waals surface area contributed by atoms with Crippen molar-refractivity contribution in [3.63, 3.8) is 0 Å². The van der Waals surface area contributed by atoms with Gasteiger partial charge >= 0.3 is 0 Å². The molecule has 1 nitrogen and oxygen atoms in total. The van der Waals surface area contributed by atoms with Crippen LogP contribution < -0.4 is 0 Å². The molecular formula is C14H22O. The van der Waals surface area contributed by atoms with Crippen LogP contribution in [0.1, 0.15) is 37.8 Å². The molecule has 1 heteroatoms. The van der Waals surface area contributed by atoms with Gasteiger partial charge in [-0.15, -0.1) is 0 Å². The van der Waals surface area contributed by atoms with Crippen LogP contribution in [-0.4, -0.2) is 13.2 Å². The normalized spacial score (nSPS) is 10.5. The standard InChI is InChI=1S/C14H22O/c1-3-13-9-7-10-14(12-13)8-5-6-11-15-4-2/h7,9-10,12H,3-6,8,11H2,1-2H3. The van der Waals surface area contributed by atoms with Gasteiger partial charge < -0.3 is 4.74 Å². The second-order valence-corrected chi connectivity index (χ2v) is 3.83. The van der Waals surface area contributed by atoms with Crippen LogP contribution in [-0.2, 0) is 17.6 Å². The highest BCUT2D eigenvalue weighted by atomic mass is 16.5. The lowest BCUT2D eigenvalue weighted by atomic mass is 10.0. The largest absolute Gasteiger partial charge is 0.382 e. The molecule has 1 rings (SSSR count). The molecular weight excluding hydrogens is 184 g/mol. The maximum absolute atomic E-state index is 5.32. The smallest absolute Gasteiger partial charge is 0.0466 e. The fourth-order valence-corrected chi connectivity index (χ4v) is 1.68. The highest BCUT2D eigenvalue weighted by Gasteiger charge is 1.95. The van der Waals surface area contributed by atoms with E-state index < -0.39 is 0 Å². The molecule has 0 amide bonds. The zero-order valence-electron chi connectivity index (χ0n) is 9.96. The first-order valence-electron chi connectivity index (χ1n) is 6.02. The summed E-state index contributed by atoms with van der Waals surface area (Å²) in [5.74, 6) is 0. The van der Waals surface area contributed by atoms with E-state index in [0.29, 0.717) is 0 Å². The molecule has 0 heterocycles. The van der Waals surface area contributed by atoms with Gasteiger partial charge in [0.05, 0.1) is 0 Å². The van der Waals surface area contributed by atoms with E-state index in [-0.39, 0.29) is 0 Å². The van der Waals surface area contributed by atoms with E-state index >= 15 is 0 Å². The maximum atomic E-state index is 5.32. The summed E-state index contributed by atoms with van der Waals surface area (Å²) in [4.78, 5) is 0. The van der Waals surface area contributed by atoms with E-state index in [4.69, 9.17) is 4.74 Å².